The smallest absolute Gasteiger partial charge is 0.244 e. The molecule has 1 rings (SSSR count). The highest BCUT2D eigenvalue weighted by Gasteiger charge is 2.31. The predicted molar refractivity (Wildman–Crippen MR) is 75.3 cm³/mol. The minimum absolute atomic E-state index is 0.196. The fourth-order valence-electron chi connectivity index (χ4n) is 2.02. The molecule has 1 aromatic rings. The quantitative estimate of drug-likeness (QED) is 0.754. The summed E-state index contributed by atoms with van der Waals surface area (Å²) >= 11 is 0. The highest BCUT2D eigenvalue weighted by molar-refractivity contribution is 7.89. The predicted octanol–water partition coefficient (Wildman–Crippen LogP) is 1.07. The lowest BCUT2D eigenvalue weighted by Gasteiger charge is -2.31. The molecule has 0 fully saturated rings. The van der Waals surface area contributed by atoms with Crippen LogP contribution in [0.25, 0.3) is 0 Å². The molecule has 7 heteroatoms. The van der Waals surface area contributed by atoms with Crippen molar-refractivity contribution in [3.63, 3.8) is 0 Å². The van der Waals surface area contributed by atoms with Crippen LogP contribution in [0.2, 0.25) is 0 Å². The Bertz CT molecular complexity index is 509. The van der Waals surface area contributed by atoms with E-state index in [1.807, 2.05) is 20.8 Å². The van der Waals surface area contributed by atoms with Gasteiger partial charge in [0.15, 0.2) is 0 Å². The molecule has 0 spiro atoms. The molecule has 19 heavy (non-hydrogen) atoms. The first kappa shape index (κ1) is 16.1. The van der Waals surface area contributed by atoms with Crippen molar-refractivity contribution in [2.45, 2.75) is 52.0 Å². The van der Waals surface area contributed by atoms with Crippen molar-refractivity contribution in [2.24, 2.45) is 11.1 Å². The molecule has 0 bridgehead atoms. The SMILES string of the molecule is Cc1n[nH]c(C)c1S(=O)(=O)NC(CCN)C(C)(C)C. The van der Waals surface area contributed by atoms with Gasteiger partial charge in [0.2, 0.25) is 10.0 Å². The minimum Gasteiger partial charge on any atom is -0.330 e. The highest BCUT2D eigenvalue weighted by atomic mass is 32.2. The molecule has 1 unspecified atom stereocenters. The van der Waals surface area contributed by atoms with Crippen LogP contribution < -0.4 is 10.5 Å². The van der Waals surface area contributed by atoms with Gasteiger partial charge < -0.3 is 5.73 Å². The largest absolute Gasteiger partial charge is 0.330 e. The molecule has 0 amide bonds. The van der Waals surface area contributed by atoms with E-state index in [4.69, 9.17) is 5.73 Å². The number of aryl methyl sites for hydroxylation is 2. The van der Waals surface area contributed by atoms with E-state index in [2.05, 4.69) is 14.9 Å². The van der Waals surface area contributed by atoms with E-state index in [-0.39, 0.29) is 16.4 Å². The number of H-pyrrole nitrogens is 1. The van der Waals surface area contributed by atoms with Gasteiger partial charge in [0.1, 0.15) is 4.90 Å². The van der Waals surface area contributed by atoms with Gasteiger partial charge in [-0.05, 0) is 32.2 Å². The summed E-state index contributed by atoms with van der Waals surface area (Å²) in [5.41, 5.74) is 6.40. The van der Waals surface area contributed by atoms with Crippen molar-refractivity contribution >= 4 is 10.0 Å². The van der Waals surface area contributed by atoms with Crippen LogP contribution in [-0.2, 0) is 10.0 Å². The third-order valence-corrected chi connectivity index (χ3v) is 4.86. The molecule has 0 radical (unpaired) electrons. The van der Waals surface area contributed by atoms with E-state index < -0.39 is 10.0 Å². The fourth-order valence-corrected chi connectivity index (χ4v) is 3.87. The first-order valence-electron chi connectivity index (χ1n) is 6.33. The highest BCUT2D eigenvalue weighted by Crippen LogP contribution is 2.25. The number of hydrogen-bond donors (Lipinski definition) is 3. The normalized spacial score (nSPS) is 14.6. The first-order valence-corrected chi connectivity index (χ1v) is 7.82. The zero-order chi connectivity index (χ0) is 14.8. The van der Waals surface area contributed by atoms with Gasteiger partial charge in [-0.15, -0.1) is 0 Å². The van der Waals surface area contributed by atoms with Crippen molar-refractivity contribution in [1.82, 2.24) is 14.9 Å². The second-order valence-electron chi connectivity index (χ2n) is 5.88. The molecule has 0 aromatic carbocycles. The molecular formula is C12H24N4O2S. The van der Waals surface area contributed by atoms with Gasteiger partial charge in [-0.2, -0.15) is 5.10 Å². The van der Waals surface area contributed by atoms with Crippen LogP contribution >= 0.6 is 0 Å². The number of sulfonamides is 1. The summed E-state index contributed by atoms with van der Waals surface area (Å²) in [4.78, 5) is 0.235. The fraction of sp³-hybridized carbons (Fsp3) is 0.750. The summed E-state index contributed by atoms with van der Waals surface area (Å²) in [6, 6.07) is -0.212. The Morgan fingerprint density at radius 3 is 2.32 bits per heavy atom. The van der Waals surface area contributed by atoms with Crippen molar-refractivity contribution in [2.75, 3.05) is 6.54 Å². The Hall–Kier alpha value is -0.920. The van der Waals surface area contributed by atoms with Crippen molar-refractivity contribution < 1.29 is 8.42 Å². The van der Waals surface area contributed by atoms with Crippen LogP contribution in [0.4, 0.5) is 0 Å². The van der Waals surface area contributed by atoms with E-state index in [1.165, 1.54) is 0 Å². The average molecular weight is 288 g/mol. The zero-order valence-corrected chi connectivity index (χ0v) is 13.1. The lowest BCUT2D eigenvalue weighted by atomic mass is 9.85. The number of aromatic amines is 1. The van der Waals surface area contributed by atoms with Crippen LogP contribution in [-0.4, -0.2) is 31.2 Å². The molecular weight excluding hydrogens is 264 g/mol. The Kier molecular flexibility index (Phi) is 4.76. The van der Waals surface area contributed by atoms with Gasteiger partial charge in [-0.3, -0.25) is 5.10 Å². The molecule has 0 aliphatic heterocycles. The lowest BCUT2D eigenvalue weighted by Crippen LogP contribution is -2.45. The van der Waals surface area contributed by atoms with Gasteiger partial charge in [0, 0.05) is 6.04 Å². The second kappa shape index (κ2) is 5.60. The first-order chi connectivity index (χ1) is 8.59. The van der Waals surface area contributed by atoms with Crippen molar-refractivity contribution in [3.05, 3.63) is 11.4 Å². The van der Waals surface area contributed by atoms with E-state index in [9.17, 15) is 8.42 Å². The Morgan fingerprint density at radius 1 is 1.37 bits per heavy atom. The number of nitrogens with two attached hydrogens (primary N) is 1. The van der Waals surface area contributed by atoms with Crippen LogP contribution in [0.5, 0.6) is 0 Å². The number of nitrogens with one attached hydrogen (secondary N) is 2. The van der Waals surface area contributed by atoms with E-state index in [0.29, 0.717) is 24.4 Å². The Labute approximate surface area is 115 Å². The number of rotatable bonds is 5. The van der Waals surface area contributed by atoms with Gasteiger partial charge in [0.05, 0.1) is 11.4 Å². The van der Waals surface area contributed by atoms with Crippen LogP contribution in [0, 0.1) is 19.3 Å². The molecule has 0 saturated carbocycles. The monoisotopic (exact) mass is 288 g/mol. The number of aromatic nitrogens is 2. The molecule has 0 aliphatic carbocycles. The zero-order valence-electron chi connectivity index (χ0n) is 12.2. The number of nitrogens with zero attached hydrogens (tertiary/aromatic N) is 1. The standard InChI is InChI=1S/C12H24N4O2S/c1-8-11(9(2)15-14-8)19(17,18)16-10(6-7-13)12(3,4)5/h10,16H,6-7,13H2,1-5H3,(H,14,15). The lowest BCUT2D eigenvalue weighted by molar-refractivity contribution is 0.287. The summed E-state index contributed by atoms with van der Waals surface area (Å²) in [5, 5.41) is 6.62. The number of hydrogen-bond acceptors (Lipinski definition) is 4. The van der Waals surface area contributed by atoms with Crippen LogP contribution in [0.3, 0.4) is 0 Å². The molecule has 4 N–H and O–H groups in total. The minimum atomic E-state index is -3.58. The Balaban J connectivity index is 3.08. The van der Waals surface area contributed by atoms with E-state index in [0.717, 1.165) is 0 Å². The van der Waals surface area contributed by atoms with Crippen LogP contribution in [0.15, 0.2) is 4.90 Å². The van der Waals surface area contributed by atoms with Crippen LogP contribution in [0.1, 0.15) is 38.6 Å². The molecule has 110 valence electrons. The third-order valence-electron chi connectivity index (χ3n) is 3.13. The summed E-state index contributed by atoms with van der Waals surface area (Å²) < 4.78 is 27.7. The second-order valence-corrected chi connectivity index (χ2v) is 7.53. The summed E-state index contributed by atoms with van der Waals surface area (Å²) in [6.07, 6.45) is 0.596. The maximum absolute atomic E-state index is 12.5. The molecule has 6 nitrogen and oxygen atoms in total. The summed E-state index contributed by atoms with van der Waals surface area (Å²) in [5.74, 6) is 0. The van der Waals surface area contributed by atoms with Crippen molar-refractivity contribution in [3.8, 4) is 0 Å². The molecule has 0 aliphatic rings. The Morgan fingerprint density at radius 2 is 1.95 bits per heavy atom. The van der Waals surface area contributed by atoms with Gasteiger partial charge >= 0.3 is 0 Å². The maximum Gasteiger partial charge on any atom is 0.244 e. The van der Waals surface area contributed by atoms with Crippen molar-refractivity contribution in [1.29, 1.82) is 0 Å². The average Bonchev–Trinajstić information content (AvgIpc) is 2.56. The maximum atomic E-state index is 12.5. The molecule has 0 saturated heterocycles. The van der Waals surface area contributed by atoms with Gasteiger partial charge in [-0.1, -0.05) is 20.8 Å². The van der Waals surface area contributed by atoms with Gasteiger partial charge in [0.25, 0.3) is 0 Å². The molecule has 1 aromatic heterocycles. The summed E-state index contributed by atoms with van der Waals surface area (Å²) in [7, 11) is -3.58. The molecule has 1 atom stereocenters. The van der Waals surface area contributed by atoms with E-state index in [1.54, 1.807) is 13.8 Å². The third kappa shape index (κ3) is 3.77. The van der Waals surface area contributed by atoms with Gasteiger partial charge in [-0.25, -0.2) is 13.1 Å². The molecule has 1 heterocycles. The topological polar surface area (TPSA) is 101 Å². The van der Waals surface area contributed by atoms with E-state index >= 15 is 0 Å². The summed E-state index contributed by atoms with van der Waals surface area (Å²) in [6.45, 7) is 9.78.